The van der Waals surface area contributed by atoms with Crippen molar-refractivity contribution in [3.8, 4) is 5.69 Å². The molecule has 6 heteroatoms. The van der Waals surface area contributed by atoms with Gasteiger partial charge in [0.25, 0.3) is 5.24 Å². The van der Waals surface area contributed by atoms with E-state index in [0.29, 0.717) is 21.8 Å². The van der Waals surface area contributed by atoms with E-state index in [-0.39, 0.29) is 0 Å². The van der Waals surface area contributed by atoms with Crippen molar-refractivity contribution >= 4 is 39.5 Å². The first-order chi connectivity index (χ1) is 9.13. The zero-order valence-electron chi connectivity index (χ0n) is 9.55. The van der Waals surface area contributed by atoms with Crippen LogP contribution in [0.4, 0.5) is 0 Å². The Morgan fingerprint density at radius 3 is 2.63 bits per heavy atom. The summed E-state index contributed by atoms with van der Waals surface area (Å²) in [4.78, 5) is 12.6. The fourth-order valence-electron chi connectivity index (χ4n) is 1.76. The lowest BCUT2D eigenvalue weighted by atomic mass is 10.2. The third kappa shape index (κ3) is 2.32. The molecule has 0 bridgehead atoms. The van der Waals surface area contributed by atoms with Crippen molar-refractivity contribution in [3.05, 3.63) is 53.1 Å². The summed E-state index contributed by atoms with van der Waals surface area (Å²) in [5.74, 6) is 0. The van der Waals surface area contributed by atoms with E-state index < -0.39 is 5.24 Å². The maximum Gasteiger partial charge on any atom is 0.252 e. The summed E-state index contributed by atoms with van der Waals surface area (Å²) in [5.41, 5.74) is 2.49. The van der Waals surface area contributed by atoms with E-state index in [1.54, 1.807) is 42.5 Å². The first-order valence-electron chi connectivity index (χ1n) is 5.46. The van der Waals surface area contributed by atoms with Crippen LogP contribution in [0, 0.1) is 0 Å². The average molecular weight is 292 g/mol. The van der Waals surface area contributed by atoms with Crippen molar-refractivity contribution in [2.75, 3.05) is 0 Å². The molecule has 4 nitrogen and oxygen atoms in total. The first kappa shape index (κ1) is 12.1. The normalized spacial score (nSPS) is 10.8. The number of aromatic nitrogens is 3. The number of carbonyl (C=O) groups is 1. The molecule has 0 fully saturated rings. The van der Waals surface area contributed by atoms with Crippen LogP contribution >= 0.6 is 23.2 Å². The number of benzene rings is 2. The van der Waals surface area contributed by atoms with E-state index in [4.69, 9.17) is 23.2 Å². The Morgan fingerprint density at radius 1 is 1.05 bits per heavy atom. The van der Waals surface area contributed by atoms with E-state index in [1.807, 2.05) is 0 Å². The van der Waals surface area contributed by atoms with Crippen LogP contribution in [0.25, 0.3) is 16.7 Å². The van der Waals surface area contributed by atoms with Crippen LogP contribution in [0.1, 0.15) is 10.4 Å². The molecule has 94 valence electrons. The lowest BCUT2D eigenvalue weighted by Gasteiger charge is -2.00. The fraction of sp³-hybridized carbons (Fsp3) is 0. The molecule has 19 heavy (non-hydrogen) atoms. The van der Waals surface area contributed by atoms with Crippen molar-refractivity contribution in [3.63, 3.8) is 0 Å². The van der Waals surface area contributed by atoms with Gasteiger partial charge in [0.15, 0.2) is 0 Å². The summed E-state index contributed by atoms with van der Waals surface area (Å²) in [6.07, 6.45) is 0. The molecule has 3 rings (SSSR count). The van der Waals surface area contributed by atoms with Gasteiger partial charge in [-0.25, -0.2) is 0 Å². The van der Waals surface area contributed by atoms with Gasteiger partial charge in [0.2, 0.25) is 0 Å². The number of rotatable bonds is 2. The molecule has 3 aromatic rings. The molecular formula is C13H7Cl2N3O. The minimum atomic E-state index is -0.512. The standard InChI is InChI=1S/C13H7Cl2N3O/c14-9-4-5-11-12(7-9)17-18(16-11)10-3-1-2-8(6-10)13(15)19/h1-7H. The van der Waals surface area contributed by atoms with E-state index in [1.165, 1.54) is 4.80 Å². The Balaban J connectivity index is 2.13. The second kappa shape index (κ2) is 4.64. The summed E-state index contributed by atoms with van der Waals surface area (Å²) < 4.78 is 0. The number of fused-ring (bicyclic) bond motifs is 1. The molecular weight excluding hydrogens is 285 g/mol. The van der Waals surface area contributed by atoms with Gasteiger partial charge < -0.3 is 0 Å². The molecule has 0 atom stereocenters. The molecule has 2 aromatic carbocycles. The highest BCUT2D eigenvalue weighted by Gasteiger charge is 2.07. The van der Waals surface area contributed by atoms with Crippen molar-refractivity contribution in [2.24, 2.45) is 0 Å². The number of nitrogens with zero attached hydrogens (tertiary/aromatic N) is 3. The molecule has 0 saturated carbocycles. The number of hydrogen-bond donors (Lipinski definition) is 0. The molecule has 0 aliphatic carbocycles. The maximum atomic E-state index is 11.1. The molecule has 0 unspecified atom stereocenters. The highest BCUT2D eigenvalue weighted by atomic mass is 35.5. The first-order valence-corrected chi connectivity index (χ1v) is 6.22. The van der Waals surface area contributed by atoms with Gasteiger partial charge in [-0.05, 0) is 48.0 Å². The minimum absolute atomic E-state index is 0.401. The molecule has 0 aliphatic heterocycles. The van der Waals surface area contributed by atoms with Gasteiger partial charge in [0, 0.05) is 10.6 Å². The Labute approximate surface area is 118 Å². The molecule has 0 amide bonds. The monoisotopic (exact) mass is 291 g/mol. The van der Waals surface area contributed by atoms with Crippen molar-refractivity contribution < 1.29 is 4.79 Å². The molecule has 0 saturated heterocycles. The quantitative estimate of drug-likeness (QED) is 0.680. The molecule has 1 heterocycles. The van der Waals surface area contributed by atoms with Gasteiger partial charge in [-0.15, -0.1) is 10.2 Å². The van der Waals surface area contributed by atoms with Crippen LogP contribution in [-0.2, 0) is 0 Å². The minimum Gasteiger partial charge on any atom is -0.276 e. The van der Waals surface area contributed by atoms with Gasteiger partial charge in [0.1, 0.15) is 11.0 Å². The van der Waals surface area contributed by atoms with Gasteiger partial charge >= 0.3 is 0 Å². The van der Waals surface area contributed by atoms with Crippen LogP contribution in [0.3, 0.4) is 0 Å². The van der Waals surface area contributed by atoms with E-state index in [0.717, 1.165) is 5.52 Å². The Bertz CT molecular complexity index is 782. The summed E-state index contributed by atoms with van der Waals surface area (Å²) >= 11 is 11.4. The zero-order valence-corrected chi connectivity index (χ0v) is 11.1. The summed E-state index contributed by atoms with van der Waals surface area (Å²) in [5, 5.41) is 8.72. The number of halogens is 2. The summed E-state index contributed by atoms with van der Waals surface area (Å²) in [7, 11) is 0. The fourth-order valence-corrected chi connectivity index (χ4v) is 2.04. The predicted molar refractivity (Wildman–Crippen MR) is 74.1 cm³/mol. The van der Waals surface area contributed by atoms with Gasteiger partial charge in [0.05, 0.1) is 5.69 Å². The molecule has 0 radical (unpaired) electrons. The lowest BCUT2D eigenvalue weighted by Crippen LogP contribution is -2.00. The molecule has 0 N–H and O–H groups in total. The van der Waals surface area contributed by atoms with Crippen LogP contribution in [0.2, 0.25) is 5.02 Å². The maximum absolute atomic E-state index is 11.1. The van der Waals surface area contributed by atoms with E-state index >= 15 is 0 Å². The van der Waals surface area contributed by atoms with E-state index in [2.05, 4.69) is 10.2 Å². The van der Waals surface area contributed by atoms with Crippen molar-refractivity contribution in [1.29, 1.82) is 0 Å². The Kier molecular flexibility index (Phi) is 2.97. The second-order valence-electron chi connectivity index (χ2n) is 3.95. The third-order valence-corrected chi connectivity index (χ3v) is 3.10. The average Bonchev–Trinajstić information content (AvgIpc) is 2.81. The number of hydrogen-bond acceptors (Lipinski definition) is 3. The highest BCUT2D eigenvalue weighted by molar-refractivity contribution is 6.67. The van der Waals surface area contributed by atoms with Gasteiger partial charge in [-0.3, -0.25) is 4.79 Å². The summed E-state index contributed by atoms with van der Waals surface area (Å²) in [6.45, 7) is 0. The SMILES string of the molecule is O=C(Cl)c1cccc(-n2nc3ccc(Cl)cc3n2)c1. The zero-order chi connectivity index (χ0) is 13.4. The topological polar surface area (TPSA) is 47.8 Å². The van der Waals surface area contributed by atoms with Gasteiger partial charge in [-0.1, -0.05) is 17.7 Å². The Morgan fingerprint density at radius 2 is 1.84 bits per heavy atom. The molecule has 0 aliphatic rings. The largest absolute Gasteiger partial charge is 0.276 e. The highest BCUT2D eigenvalue weighted by Crippen LogP contribution is 2.18. The van der Waals surface area contributed by atoms with Crippen molar-refractivity contribution in [2.45, 2.75) is 0 Å². The number of carbonyl (C=O) groups excluding carboxylic acids is 1. The van der Waals surface area contributed by atoms with Crippen LogP contribution < -0.4 is 0 Å². The third-order valence-electron chi connectivity index (χ3n) is 2.65. The van der Waals surface area contributed by atoms with E-state index in [9.17, 15) is 4.79 Å². The predicted octanol–water partition coefficient (Wildman–Crippen LogP) is 3.45. The second-order valence-corrected chi connectivity index (χ2v) is 4.73. The van der Waals surface area contributed by atoms with Crippen LogP contribution in [0.15, 0.2) is 42.5 Å². The van der Waals surface area contributed by atoms with Crippen LogP contribution in [0.5, 0.6) is 0 Å². The van der Waals surface area contributed by atoms with Crippen molar-refractivity contribution in [1.82, 2.24) is 15.0 Å². The smallest absolute Gasteiger partial charge is 0.252 e. The van der Waals surface area contributed by atoms with Gasteiger partial charge in [-0.2, -0.15) is 4.80 Å². The molecule has 1 aromatic heterocycles. The summed E-state index contributed by atoms with van der Waals surface area (Å²) in [6, 6.07) is 12.1. The Hall–Kier alpha value is -1.91. The van der Waals surface area contributed by atoms with Crippen LogP contribution in [-0.4, -0.2) is 20.2 Å². The molecule has 0 spiro atoms. The lowest BCUT2D eigenvalue weighted by molar-refractivity contribution is 0.108.